The Morgan fingerprint density at radius 3 is 2.29 bits per heavy atom. The van der Waals surface area contributed by atoms with Gasteiger partial charge in [-0.25, -0.2) is 0 Å². The van der Waals surface area contributed by atoms with Gasteiger partial charge in [0.15, 0.2) is 0 Å². The standard InChI is InChI=1S/C17H27/c1-5-6-7-8-11-14-17(3,4)16-13-10-9-12-15(16)2/h9-10,12-13H,2,5-8,11,14H2,1,3-4H3. The summed E-state index contributed by atoms with van der Waals surface area (Å²) in [7, 11) is 0. The first-order valence-electron chi connectivity index (χ1n) is 6.99. The quantitative estimate of drug-likeness (QED) is 0.543. The van der Waals surface area contributed by atoms with Crippen molar-refractivity contribution in [1.29, 1.82) is 0 Å². The second-order valence-corrected chi connectivity index (χ2v) is 5.71. The van der Waals surface area contributed by atoms with E-state index in [0.717, 1.165) is 0 Å². The molecule has 1 aromatic carbocycles. The van der Waals surface area contributed by atoms with Gasteiger partial charge in [0.1, 0.15) is 0 Å². The molecule has 0 saturated heterocycles. The van der Waals surface area contributed by atoms with Crippen LogP contribution in [0, 0.1) is 6.92 Å². The van der Waals surface area contributed by atoms with Gasteiger partial charge in [-0.3, -0.25) is 0 Å². The minimum Gasteiger partial charge on any atom is -0.0654 e. The molecule has 1 radical (unpaired) electrons. The van der Waals surface area contributed by atoms with Gasteiger partial charge < -0.3 is 0 Å². The Kier molecular flexibility index (Phi) is 5.74. The molecule has 0 saturated carbocycles. The van der Waals surface area contributed by atoms with Crippen LogP contribution in [-0.4, -0.2) is 0 Å². The molecule has 0 atom stereocenters. The topological polar surface area (TPSA) is 0 Å². The van der Waals surface area contributed by atoms with Gasteiger partial charge >= 0.3 is 0 Å². The summed E-state index contributed by atoms with van der Waals surface area (Å²) in [5, 5.41) is 0. The summed E-state index contributed by atoms with van der Waals surface area (Å²) in [6, 6.07) is 8.55. The van der Waals surface area contributed by atoms with Gasteiger partial charge in [-0.15, -0.1) is 0 Å². The van der Waals surface area contributed by atoms with Crippen molar-refractivity contribution in [3.8, 4) is 0 Å². The highest BCUT2D eigenvalue weighted by atomic mass is 14.3. The molecule has 0 aromatic heterocycles. The number of rotatable bonds is 7. The summed E-state index contributed by atoms with van der Waals surface area (Å²) in [4.78, 5) is 0. The first kappa shape index (κ1) is 14.3. The highest BCUT2D eigenvalue weighted by Crippen LogP contribution is 2.31. The van der Waals surface area contributed by atoms with E-state index in [0.29, 0.717) is 0 Å². The van der Waals surface area contributed by atoms with Gasteiger partial charge in [-0.2, -0.15) is 0 Å². The zero-order valence-electron chi connectivity index (χ0n) is 11.8. The molecule has 0 aliphatic carbocycles. The van der Waals surface area contributed by atoms with E-state index in [2.05, 4.69) is 52.0 Å². The van der Waals surface area contributed by atoms with E-state index in [1.165, 1.54) is 49.7 Å². The molecule has 0 unspecified atom stereocenters. The fraction of sp³-hybridized carbons (Fsp3) is 0.588. The third kappa shape index (κ3) is 4.53. The van der Waals surface area contributed by atoms with E-state index in [1.54, 1.807) is 0 Å². The van der Waals surface area contributed by atoms with E-state index in [9.17, 15) is 0 Å². The molecule has 0 fully saturated rings. The Bertz CT molecular complexity index is 323. The smallest absolute Gasteiger partial charge is 0.0101 e. The van der Waals surface area contributed by atoms with Crippen molar-refractivity contribution in [2.75, 3.05) is 0 Å². The van der Waals surface area contributed by atoms with Crippen molar-refractivity contribution < 1.29 is 0 Å². The number of hydrogen-bond acceptors (Lipinski definition) is 0. The summed E-state index contributed by atoms with van der Waals surface area (Å²) >= 11 is 0. The van der Waals surface area contributed by atoms with E-state index in [-0.39, 0.29) is 5.41 Å². The van der Waals surface area contributed by atoms with Crippen LogP contribution in [0.1, 0.15) is 70.4 Å². The van der Waals surface area contributed by atoms with Crippen molar-refractivity contribution in [2.45, 2.75) is 64.7 Å². The molecule has 0 N–H and O–H groups in total. The molecule has 17 heavy (non-hydrogen) atoms. The monoisotopic (exact) mass is 231 g/mol. The summed E-state index contributed by atoms with van der Waals surface area (Å²) in [6.45, 7) is 11.1. The Morgan fingerprint density at radius 2 is 1.65 bits per heavy atom. The lowest BCUT2D eigenvalue weighted by Gasteiger charge is -2.27. The molecule has 0 heterocycles. The summed E-state index contributed by atoms with van der Waals surface area (Å²) in [6.07, 6.45) is 8.07. The minimum absolute atomic E-state index is 0.268. The van der Waals surface area contributed by atoms with E-state index in [1.807, 2.05) is 0 Å². The lowest BCUT2D eigenvalue weighted by Crippen LogP contribution is -2.18. The van der Waals surface area contributed by atoms with E-state index >= 15 is 0 Å². The van der Waals surface area contributed by atoms with Gasteiger partial charge in [-0.05, 0) is 29.9 Å². The Morgan fingerprint density at radius 1 is 1.00 bits per heavy atom. The van der Waals surface area contributed by atoms with Crippen molar-refractivity contribution in [3.05, 3.63) is 42.3 Å². The Labute approximate surface area is 107 Å². The highest BCUT2D eigenvalue weighted by Gasteiger charge is 2.21. The van der Waals surface area contributed by atoms with Gasteiger partial charge in [0, 0.05) is 0 Å². The molecule has 0 bridgehead atoms. The minimum atomic E-state index is 0.268. The largest absolute Gasteiger partial charge is 0.0654 e. The van der Waals surface area contributed by atoms with Crippen LogP contribution in [-0.2, 0) is 5.41 Å². The molecule has 0 heteroatoms. The van der Waals surface area contributed by atoms with Crippen LogP contribution in [0.2, 0.25) is 0 Å². The third-order valence-corrected chi connectivity index (χ3v) is 3.65. The average Bonchev–Trinajstić information content (AvgIpc) is 2.29. The Hall–Kier alpha value is -0.780. The molecule has 95 valence electrons. The maximum absolute atomic E-state index is 4.14. The predicted molar refractivity (Wildman–Crippen MR) is 77.3 cm³/mol. The van der Waals surface area contributed by atoms with Crippen molar-refractivity contribution in [1.82, 2.24) is 0 Å². The molecule has 1 aromatic rings. The fourth-order valence-corrected chi connectivity index (χ4v) is 2.49. The molecular formula is C17H27. The summed E-state index contributed by atoms with van der Waals surface area (Å²) in [5.74, 6) is 0. The fourth-order valence-electron chi connectivity index (χ4n) is 2.49. The Balaban J connectivity index is 2.48. The van der Waals surface area contributed by atoms with Crippen molar-refractivity contribution in [3.63, 3.8) is 0 Å². The maximum Gasteiger partial charge on any atom is -0.0101 e. The van der Waals surface area contributed by atoms with Crippen molar-refractivity contribution >= 4 is 0 Å². The normalized spacial score (nSPS) is 11.8. The van der Waals surface area contributed by atoms with Crippen LogP contribution in [0.5, 0.6) is 0 Å². The lowest BCUT2D eigenvalue weighted by atomic mass is 9.78. The molecule has 0 spiro atoms. The van der Waals surface area contributed by atoms with Crippen LogP contribution < -0.4 is 0 Å². The maximum atomic E-state index is 4.14. The highest BCUT2D eigenvalue weighted by molar-refractivity contribution is 5.35. The predicted octanol–water partition coefficient (Wildman–Crippen LogP) is 5.51. The summed E-state index contributed by atoms with van der Waals surface area (Å²) < 4.78 is 0. The van der Waals surface area contributed by atoms with Crippen molar-refractivity contribution in [2.24, 2.45) is 0 Å². The van der Waals surface area contributed by atoms with E-state index < -0.39 is 0 Å². The number of unbranched alkanes of at least 4 members (excludes halogenated alkanes) is 4. The van der Waals surface area contributed by atoms with Crippen LogP contribution in [0.25, 0.3) is 0 Å². The second kappa shape index (κ2) is 6.83. The van der Waals surface area contributed by atoms with Gasteiger partial charge in [0.05, 0.1) is 0 Å². The van der Waals surface area contributed by atoms with E-state index in [4.69, 9.17) is 0 Å². The average molecular weight is 231 g/mol. The molecular weight excluding hydrogens is 204 g/mol. The first-order valence-corrected chi connectivity index (χ1v) is 6.99. The molecule has 0 aliphatic heterocycles. The number of benzene rings is 1. The summed E-state index contributed by atoms with van der Waals surface area (Å²) in [5.41, 5.74) is 2.87. The van der Waals surface area contributed by atoms with Crippen LogP contribution in [0.15, 0.2) is 24.3 Å². The third-order valence-electron chi connectivity index (χ3n) is 3.65. The molecule has 1 rings (SSSR count). The molecule has 0 nitrogen and oxygen atoms in total. The van der Waals surface area contributed by atoms with Crippen LogP contribution >= 0.6 is 0 Å². The first-order chi connectivity index (χ1) is 8.08. The van der Waals surface area contributed by atoms with Gasteiger partial charge in [0.25, 0.3) is 0 Å². The lowest BCUT2D eigenvalue weighted by molar-refractivity contribution is 0.443. The van der Waals surface area contributed by atoms with Crippen LogP contribution in [0.4, 0.5) is 0 Å². The molecule has 0 aliphatic rings. The van der Waals surface area contributed by atoms with Gasteiger partial charge in [-0.1, -0.05) is 77.1 Å². The second-order valence-electron chi connectivity index (χ2n) is 5.71. The number of hydrogen-bond donors (Lipinski definition) is 0. The van der Waals surface area contributed by atoms with Crippen LogP contribution in [0.3, 0.4) is 0 Å². The molecule has 0 amide bonds. The SMILES string of the molecule is [CH2]c1ccccc1C(C)(C)CCCCCCC. The van der Waals surface area contributed by atoms with Gasteiger partial charge in [0.2, 0.25) is 0 Å². The zero-order chi connectivity index (χ0) is 12.7. The zero-order valence-corrected chi connectivity index (χ0v) is 11.8.